The molecule has 0 aliphatic rings. The van der Waals surface area contributed by atoms with Gasteiger partial charge in [-0.3, -0.25) is 20.4 Å². The third-order valence-corrected chi connectivity index (χ3v) is 5.44. The molecule has 0 aromatic heterocycles. The maximum atomic E-state index is 12.9. The summed E-state index contributed by atoms with van der Waals surface area (Å²) in [7, 11) is -3.71. The number of carbonyl (C=O) groups excluding carboxylic acids is 2. The average molecular weight is 378 g/mol. The minimum atomic E-state index is -3.71. The van der Waals surface area contributed by atoms with Crippen LogP contribution in [0.5, 0.6) is 0 Å². The zero-order valence-corrected chi connectivity index (χ0v) is 15.2. The number of rotatable bonds is 5. The lowest BCUT2D eigenvalue weighted by molar-refractivity contribution is -0.121. The number of nitrogens with one attached hydrogen (secondary N) is 2. The molecule has 2 N–H and O–H groups in total. The lowest BCUT2D eigenvalue weighted by Crippen LogP contribution is -2.42. The second-order valence-corrected chi connectivity index (χ2v) is 7.95. The first kappa shape index (κ1) is 19.6. The molecule has 2 rings (SSSR count). The van der Waals surface area contributed by atoms with E-state index in [-0.39, 0.29) is 11.3 Å². The molecule has 0 bridgehead atoms. The monoisotopic (exact) mass is 378 g/mol. The molecular weight excluding hydrogens is 359 g/mol. The van der Waals surface area contributed by atoms with Gasteiger partial charge < -0.3 is 0 Å². The zero-order chi connectivity index (χ0) is 19.3. The van der Waals surface area contributed by atoms with Crippen molar-refractivity contribution in [1.29, 1.82) is 0 Å². The van der Waals surface area contributed by atoms with Gasteiger partial charge in [-0.1, -0.05) is 17.7 Å². The van der Waals surface area contributed by atoms with Crippen LogP contribution in [0.2, 0.25) is 0 Å². The summed E-state index contributed by atoms with van der Waals surface area (Å²) in [6, 6.07) is 9.62. The lowest BCUT2D eigenvalue weighted by Gasteiger charge is -2.10. The van der Waals surface area contributed by atoms with E-state index in [1.807, 2.05) is 13.0 Å². The number of hydrogen-bond donors (Lipinski definition) is 2. The molecule has 8 heteroatoms. The summed E-state index contributed by atoms with van der Waals surface area (Å²) in [6.45, 7) is 3.68. The van der Waals surface area contributed by atoms with Gasteiger partial charge in [-0.25, -0.2) is 12.8 Å². The molecule has 0 saturated heterocycles. The van der Waals surface area contributed by atoms with E-state index < -0.39 is 33.2 Å². The minimum absolute atomic E-state index is 0.0639. The van der Waals surface area contributed by atoms with Crippen LogP contribution < -0.4 is 10.9 Å². The first-order valence-electron chi connectivity index (χ1n) is 7.84. The van der Waals surface area contributed by atoms with Gasteiger partial charge in [0.15, 0.2) is 9.84 Å². The van der Waals surface area contributed by atoms with Crippen LogP contribution in [-0.4, -0.2) is 26.0 Å². The van der Waals surface area contributed by atoms with Crippen molar-refractivity contribution < 1.29 is 22.4 Å². The quantitative estimate of drug-likeness (QED) is 0.615. The van der Waals surface area contributed by atoms with Crippen LogP contribution in [0.15, 0.2) is 47.4 Å². The number of benzene rings is 2. The smallest absolute Gasteiger partial charge is 0.269 e. The third-order valence-electron chi connectivity index (χ3n) is 3.71. The third kappa shape index (κ3) is 5.13. The van der Waals surface area contributed by atoms with E-state index in [0.29, 0.717) is 5.56 Å². The minimum Gasteiger partial charge on any atom is -0.273 e. The van der Waals surface area contributed by atoms with Crippen molar-refractivity contribution in [2.45, 2.75) is 25.2 Å². The molecule has 0 aliphatic carbocycles. The molecular formula is C18H19FN2O4S. The molecule has 26 heavy (non-hydrogen) atoms. The predicted molar refractivity (Wildman–Crippen MR) is 94.6 cm³/mol. The molecule has 0 radical (unpaired) electrons. The number of carbonyl (C=O) groups is 2. The standard InChI is InChI=1S/C18H19FN2O4S/c1-12-3-8-16(13(2)11-12)18(23)21-20-17(22)9-10-26(24,25)15-6-4-14(19)5-7-15/h3-8,11H,9-10H2,1-2H3,(H,20,22)(H,21,23). The highest BCUT2D eigenvalue weighted by Gasteiger charge is 2.17. The maximum absolute atomic E-state index is 12.9. The summed E-state index contributed by atoms with van der Waals surface area (Å²) >= 11 is 0. The highest BCUT2D eigenvalue weighted by Crippen LogP contribution is 2.13. The van der Waals surface area contributed by atoms with Crippen molar-refractivity contribution in [3.05, 3.63) is 65.0 Å². The van der Waals surface area contributed by atoms with Crippen LogP contribution in [0.25, 0.3) is 0 Å². The maximum Gasteiger partial charge on any atom is 0.269 e. The summed E-state index contributed by atoms with van der Waals surface area (Å²) in [6.07, 6.45) is -0.340. The second kappa shape index (κ2) is 8.09. The summed E-state index contributed by atoms with van der Waals surface area (Å²) in [5, 5.41) is 0. The molecule has 138 valence electrons. The van der Waals surface area contributed by atoms with E-state index in [2.05, 4.69) is 10.9 Å². The molecule has 2 aromatic carbocycles. The van der Waals surface area contributed by atoms with Crippen LogP contribution in [0.1, 0.15) is 27.9 Å². The first-order chi connectivity index (χ1) is 12.2. The Morgan fingerprint density at radius 3 is 2.27 bits per heavy atom. The van der Waals surface area contributed by atoms with Crippen molar-refractivity contribution in [2.24, 2.45) is 0 Å². The summed E-state index contributed by atoms with van der Waals surface area (Å²) in [4.78, 5) is 23.8. The molecule has 2 amide bonds. The summed E-state index contributed by atoms with van der Waals surface area (Å²) < 4.78 is 37.0. The first-order valence-corrected chi connectivity index (χ1v) is 9.49. The van der Waals surface area contributed by atoms with E-state index in [9.17, 15) is 22.4 Å². The number of amides is 2. The van der Waals surface area contributed by atoms with Crippen LogP contribution in [0.4, 0.5) is 4.39 Å². The Balaban J connectivity index is 1.88. The Labute approximate surface area is 151 Å². The van der Waals surface area contributed by atoms with Crippen molar-refractivity contribution in [2.75, 3.05) is 5.75 Å². The van der Waals surface area contributed by atoms with Gasteiger partial charge in [-0.05, 0) is 49.7 Å². The van der Waals surface area contributed by atoms with E-state index in [1.54, 1.807) is 19.1 Å². The van der Waals surface area contributed by atoms with Gasteiger partial charge in [0.1, 0.15) is 5.82 Å². The van der Waals surface area contributed by atoms with E-state index in [4.69, 9.17) is 0 Å². The zero-order valence-electron chi connectivity index (χ0n) is 14.4. The number of aryl methyl sites for hydroxylation is 2. The Morgan fingerprint density at radius 1 is 1.00 bits per heavy atom. The molecule has 2 aromatic rings. The van der Waals surface area contributed by atoms with Crippen molar-refractivity contribution >= 4 is 21.7 Å². The van der Waals surface area contributed by atoms with Crippen molar-refractivity contribution in [1.82, 2.24) is 10.9 Å². The molecule has 0 aliphatic heterocycles. The molecule has 0 unspecified atom stereocenters. The van der Waals surface area contributed by atoms with Gasteiger partial charge in [-0.15, -0.1) is 0 Å². The Hall–Kier alpha value is -2.74. The summed E-state index contributed by atoms with van der Waals surface area (Å²) in [5.41, 5.74) is 6.63. The van der Waals surface area contributed by atoms with Gasteiger partial charge in [0, 0.05) is 12.0 Å². The average Bonchev–Trinajstić information content (AvgIpc) is 2.58. The molecule has 0 saturated carbocycles. The molecule has 0 spiro atoms. The number of hydrazine groups is 1. The van der Waals surface area contributed by atoms with Crippen LogP contribution in [-0.2, 0) is 14.6 Å². The normalized spacial score (nSPS) is 11.0. The van der Waals surface area contributed by atoms with Crippen LogP contribution in [0.3, 0.4) is 0 Å². The molecule has 0 fully saturated rings. The van der Waals surface area contributed by atoms with Gasteiger partial charge in [-0.2, -0.15) is 0 Å². The fourth-order valence-corrected chi connectivity index (χ4v) is 3.55. The Bertz CT molecular complexity index is 925. The molecule has 0 heterocycles. The number of sulfone groups is 1. The lowest BCUT2D eigenvalue weighted by atomic mass is 10.1. The Morgan fingerprint density at radius 2 is 1.65 bits per heavy atom. The van der Waals surface area contributed by atoms with Crippen LogP contribution in [0, 0.1) is 19.7 Å². The van der Waals surface area contributed by atoms with Gasteiger partial charge in [0.25, 0.3) is 5.91 Å². The largest absolute Gasteiger partial charge is 0.273 e. The van der Waals surface area contributed by atoms with Gasteiger partial charge in [0.05, 0.1) is 10.6 Å². The topological polar surface area (TPSA) is 92.3 Å². The highest BCUT2D eigenvalue weighted by molar-refractivity contribution is 7.91. The fraction of sp³-hybridized carbons (Fsp3) is 0.222. The number of hydrogen-bond acceptors (Lipinski definition) is 4. The second-order valence-electron chi connectivity index (χ2n) is 5.84. The predicted octanol–water partition coefficient (Wildman–Crippen LogP) is 2.07. The molecule has 0 atom stereocenters. The summed E-state index contributed by atoms with van der Waals surface area (Å²) in [5.74, 6) is -2.13. The van der Waals surface area contributed by atoms with E-state index >= 15 is 0 Å². The fourth-order valence-electron chi connectivity index (χ4n) is 2.31. The SMILES string of the molecule is Cc1ccc(C(=O)NNC(=O)CCS(=O)(=O)c2ccc(F)cc2)c(C)c1. The Kier molecular flexibility index (Phi) is 6.10. The van der Waals surface area contributed by atoms with Crippen molar-refractivity contribution in [3.63, 3.8) is 0 Å². The van der Waals surface area contributed by atoms with Gasteiger partial charge in [0.2, 0.25) is 5.91 Å². The van der Waals surface area contributed by atoms with Crippen LogP contribution >= 0.6 is 0 Å². The van der Waals surface area contributed by atoms with Gasteiger partial charge >= 0.3 is 0 Å². The number of halogens is 1. The van der Waals surface area contributed by atoms with E-state index in [0.717, 1.165) is 35.4 Å². The molecule has 6 nitrogen and oxygen atoms in total. The van der Waals surface area contributed by atoms with Crippen molar-refractivity contribution in [3.8, 4) is 0 Å². The highest BCUT2D eigenvalue weighted by atomic mass is 32.2. The van der Waals surface area contributed by atoms with E-state index in [1.165, 1.54) is 0 Å².